The highest BCUT2D eigenvalue weighted by Crippen LogP contribution is 2.51. The maximum Gasteiger partial charge on any atom is 0.291 e. The Kier molecular flexibility index (Phi) is 3.77. The van der Waals surface area contributed by atoms with Gasteiger partial charge in [0.25, 0.3) is 5.91 Å². The number of fused-ring (bicyclic) bond motifs is 4. The minimum Gasteiger partial charge on any atom is -0.387 e. The van der Waals surface area contributed by atoms with Gasteiger partial charge in [-0.15, -0.1) is 0 Å². The fraction of sp³-hybridized carbons (Fsp3) is 0.526. The van der Waals surface area contributed by atoms with Crippen LogP contribution < -0.4 is 10.6 Å². The minimum absolute atomic E-state index is 0.334. The molecule has 3 heterocycles. The van der Waals surface area contributed by atoms with Crippen LogP contribution in [0.15, 0.2) is 18.2 Å². The van der Waals surface area contributed by atoms with Crippen LogP contribution in [0.1, 0.15) is 33.3 Å². The molecule has 3 aliphatic rings. The number of imide groups is 1. The molecule has 2 saturated heterocycles. The van der Waals surface area contributed by atoms with E-state index in [-0.39, 0.29) is 17.7 Å². The summed E-state index contributed by atoms with van der Waals surface area (Å²) in [5.74, 6) is -2.74. The highest BCUT2D eigenvalue weighted by Gasteiger charge is 2.75. The van der Waals surface area contributed by atoms with Crippen molar-refractivity contribution in [2.45, 2.75) is 50.9 Å². The van der Waals surface area contributed by atoms with Gasteiger partial charge in [-0.2, -0.15) is 0 Å². The number of rotatable bonds is 1. The third kappa shape index (κ3) is 2.19. The maximum atomic E-state index is 13.4. The lowest BCUT2D eigenvalue weighted by Gasteiger charge is -2.33. The van der Waals surface area contributed by atoms with Gasteiger partial charge < -0.3 is 15.7 Å². The van der Waals surface area contributed by atoms with Crippen LogP contribution in [0.4, 0.5) is 5.69 Å². The first-order valence-corrected chi connectivity index (χ1v) is 9.42. The fourth-order valence-corrected chi connectivity index (χ4v) is 5.20. The molecule has 8 heteroatoms. The number of nitrogens with one attached hydrogen (secondary N) is 1. The summed E-state index contributed by atoms with van der Waals surface area (Å²) in [6.07, 6.45) is -0.871. The first kappa shape index (κ1) is 18.4. The minimum atomic E-state index is -1.31. The number of hydrogen-bond acceptors (Lipinski definition) is 4. The number of nitrogens with two attached hydrogens (primary N) is 1. The lowest BCUT2D eigenvalue weighted by Crippen LogP contribution is -3.00. The van der Waals surface area contributed by atoms with Crippen molar-refractivity contribution in [1.82, 2.24) is 4.90 Å². The molecule has 1 aromatic rings. The number of para-hydroxylation sites is 1. The van der Waals surface area contributed by atoms with Gasteiger partial charge in [-0.3, -0.25) is 19.3 Å². The van der Waals surface area contributed by atoms with Gasteiger partial charge in [-0.25, -0.2) is 0 Å². The summed E-state index contributed by atoms with van der Waals surface area (Å²) in [7, 11) is 0. The zero-order valence-electron chi connectivity index (χ0n) is 15.6. The van der Waals surface area contributed by atoms with Crippen molar-refractivity contribution in [3.05, 3.63) is 28.8 Å². The summed E-state index contributed by atoms with van der Waals surface area (Å²) in [6.45, 7) is 6.95. The number of aliphatic hydroxyl groups excluding tert-OH is 1. The Labute approximate surface area is 162 Å². The molecule has 1 aromatic carbocycles. The van der Waals surface area contributed by atoms with Crippen molar-refractivity contribution in [2.75, 3.05) is 5.32 Å². The van der Waals surface area contributed by atoms with E-state index in [1.54, 1.807) is 51.2 Å². The topological polar surface area (TPSA) is 103 Å². The second kappa shape index (κ2) is 5.53. The Bertz CT molecular complexity index is 878. The lowest BCUT2D eigenvalue weighted by atomic mass is 9.76. The summed E-state index contributed by atoms with van der Waals surface area (Å²) in [5.41, 5.74) is -0.955. The second-order valence-electron chi connectivity index (χ2n) is 8.66. The van der Waals surface area contributed by atoms with Gasteiger partial charge in [0.15, 0.2) is 0 Å². The van der Waals surface area contributed by atoms with Crippen LogP contribution in [-0.4, -0.2) is 45.4 Å². The molecule has 0 unspecified atom stereocenters. The zero-order chi connectivity index (χ0) is 19.9. The van der Waals surface area contributed by atoms with Crippen LogP contribution in [0.5, 0.6) is 0 Å². The number of quaternary nitrogens is 1. The monoisotopic (exact) mass is 392 g/mol. The number of halogens is 1. The fourth-order valence-electron chi connectivity index (χ4n) is 4.98. The molecule has 2 fully saturated rings. The van der Waals surface area contributed by atoms with Gasteiger partial charge in [0.2, 0.25) is 17.4 Å². The predicted molar refractivity (Wildman–Crippen MR) is 97.7 cm³/mol. The lowest BCUT2D eigenvalue weighted by molar-refractivity contribution is -0.738. The molecule has 4 rings (SSSR count). The third-order valence-electron chi connectivity index (χ3n) is 6.01. The Balaban J connectivity index is 1.95. The molecular formula is C19H23ClN3O4+. The Morgan fingerprint density at radius 3 is 2.52 bits per heavy atom. The standard InChI is InChI=1S/C19H22ClN3O4/c1-8(24)13-11-12(16(26)23(15(11)25)18(2,3)4)19(22-13)9-6-5-7-10(20)14(9)21-17(19)27/h5-8,11-13,22,24H,1-4H3,(H,21,27)/p+1/t8-,11-,12-,13-,19-/m0/s1. The van der Waals surface area contributed by atoms with Crippen molar-refractivity contribution in [3.63, 3.8) is 0 Å². The first-order chi connectivity index (χ1) is 12.5. The Morgan fingerprint density at radius 1 is 1.26 bits per heavy atom. The van der Waals surface area contributed by atoms with Crippen molar-refractivity contribution < 1.29 is 24.8 Å². The average Bonchev–Trinajstić information content (AvgIpc) is 3.13. The van der Waals surface area contributed by atoms with Crippen LogP contribution in [-0.2, 0) is 19.9 Å². The van der Waals surface area contributed by atoms with Crippen LogP contribution in [0.2, 0.25) is 5.02 Å². The van der Waals surface area contributed by atoms with E-state index >= 15 is 0 Å². The summed E-state index contributed by atoms with van der Waals surface area (Å²) in [4.78, 5) is 41.0. The molecule has 0 aliphatic carbocycles. The van der Waals surface area contributed by atoms with E-state index < -0.39 is 35.1 Å². The second-order valence-corrected chi connectivity index (χ2v) is 9.06. The van der Waals surface area contributed by atoms with Gasteiger partial charge in [0, 0.05) is 11.1 Å². The number of nitrogens with zero attached hydrogens (tertiary/aromatic N) is 1. The number of carbonyl (C=O) groups excluding carboxylic acids is 3. The maximum absolute atomic E-state index is 13.4. The van der Waals surface area contributed by atoms with E-state index in [0.717, 1.165) is 0 Å². The van der Waals surface area contributed by atoms with Crippen molar-refractivity contribution in [2.24, 2.45) is 11.8 Å². The van der Waals surface area contributed by atoms with Crippen molar-refractivity contribution in [1.29, 1.82) is 0 Å². The molecule has 3 aliphatic heterocycles. The van der Waals surface area contributed by atoms with Crippen LogP contribution in [0.3, 0.4) is 0 Å². The molecule has 4 N–H and O–H groups in total. The zero-order valence-corrected chi connectivity index (χ0v) is 16.4. The quantitative estimate of drug-likeness (QED) is 0.594. The predicted octanol–water partition coefficient (Wildman–Crippen LogP) is 0.213. The van der Waals surface area contributed by atoms with E-state index in [2.05, 4.69) is 5.32 Å². The summed E-state index contributed by atoms with van der Waals surface area (Å²) in [6, 6.07) is 4.55. The molecule has 0 saturated carbocycles. The van der Waals surface area contributed by atoms with E-state index in [1.807, 2.05) is 0 Å². The first-order valence-electron chi connectivity index (χ1n) is 9.04. The molecule has 1 spiro atoms. The van der Waals surface area contributed by atoms with E-state index in [0.29, 0.717) is 16.3 Å². The number of carbonyl (C=O) groups is 3. The van der Waals surface area contributed by atoms with Gasteiger partial charge in [0.05, 0.1) is 10.7 Å². The smallest absolute Gasteiger partial charge is 0.291 e. The molecular weight excluding hydrogens is 370 g/mol. The molecule has 5 atom stereocenters. The average molecular weight is 393 g/mol. The van der Waals surface area contributed by atoms with E-state index in [9.17, 15) is 19.5 Å². The number of benzene rings is 1. The molecule has 0 bridgehead atoms. The van der Waals surface area contributed by atoms with Crippen molar-refractivity contribution >= 4 is 35.0 Å². The summed E-state index contributed by atoms with van der Waals surface area (Å²) in [5, 5.41) is 15.2. The normalized spacial score (nSPS) is 33.5. The highest BCUT2D eigenvalue weighted by molar-refractivity contribution is 6.35. The molecule has 144 valence electrons. The Hall–Kier alpha value is -1.96. The van der Waals surface area contributed by atoms with Crippen molar-refractivity contribution in [3.8, 4) is 0 Å². The van der Waals surface area contributed by atoms with Crippen LogP contribution >= 0.6 is 11.6 Å². The van der Waals surface area contributed by atoms with Crippen LogP contribution in [0.25, 0.3) is 0 Å². The molecule has 27 heavy (non-hydrogen) atoms. The highest BCUT2D eigenvalue weighted by atomic mass is 35.5. The number of aliphatic hydroxyl groups is 1. The summed E-state index contributed by atoms with van der Waals surface area (Å²) < 4.78 is 0. The largest absolute Gasteiger partial charge is 0.387 e. The summed E-state index contributed by atoms with van der Waals surface area (Å²) >= 11 is 6.26. The van der Waals surface area contributed by atoms with Gasteiger partial charge >= 0.3 is 0 Å². The molecule has 0 radical (unpaired) electrons. The van der Waals surface area contributed by atoms with Gasteiger partial charge in [0.1, 0.15) is 24.0 Å². The van der Waals surface area contributed by atoms with E-state index in [4.69, 9.17) is 11.6 Å². The molecule has 3 amide bonds. The van der Waals surface area contributed by atoms with E-state index in [1.165, 1.54) is 4.90 Å². The number of amides is 3. The Morgan fingerprint density at radius 2 is 1.93 bits per heavy atom. The number of likely N-dealkylation sites (tertiary alicyclic amines) is 1. The number of hydrogen-bond donors (Lipinski definition) is 3. The van der Waals surface area contributed by atoms with Gasteiger partial charge in [-0.05, 0) is 39.8 Å². The molecule has 7 nitrogen and oxygen atoms in total. The van der Waals surface area contributed by atoms with Gasteiger partial charge in [-0.1, -0.05) is 17.7 Å². The van der Waals surface area contributed by atoms with Crippen LogP contribution in [0, 0.1) is 11.8 Å². The third-order valence-corrected chi connectivity index (χ3v) is 6.33. The SMILES string of the molecule is C[C@H](O)[C@@H]1[NH2+][C@]2(C(=O)Nc3c(Cl)cccc32)[C@@H]2C(=O)N(C(C)(C)C)C(=O)[C@H]12. The number of anilines is 1. The molecule has 0 aromatic heterocycles.